The zero-order valence-corrected chi connectivity index (χ0v) is 9.89. The van der Waals surface area contributed by atoms with E-state index in [1.807, 2.05) is 0 Å². The molecule has 0 bridgehead atoms. The van der Waals surface area contributed by atoms with Crippen molar-refractivity contribution >= 4 is 15.9 Å². The largest absolute Gasteiger partial charge is 0.493 e. The molecule has 0 spiro atoms. The van der Waals surface area contributed by atoms with E-state index in [0.29, 0.717) is 17.0 Å². The maximum atomic E-state index is 12.9. The topological polar surface area (TPSA) is 21.3 Å². The lowest BCUT2D eigenvalue weighted by atomic mass is 10.1. The SMILES string of the molecule is Fc1ccc(OCC2CCNC2)cc1Br. The lowest BCUT2D eigenvalue weighted by molar-refractivity contribution is 0.259. The van der Waals surface area contributed by atoms with Crippen LogP contribution in [-0.4, -0.2) is 19.7 Å². The van der Waals surface area contributed by atoms with Crippen molar-refractivity contribution in [3.63, 3.8) is 0 Å². The van der Waals surface area contributed by atoms with Crippen molar-refractivity contribution < 1.29 is 9.13 Å². The Morgan fingerprint density at radius 3 is 3.07 bits per heavy atom. The smallest absolute Gasteiger partial charge is 0.137 e. The Balaban J connectivity index is 1.90. The molecular formula is C11H13BrFNO. The van der Waals surface area contributed by atoms with Gasteiger partial charge in [-0.15, -0.1) is 0 Å². The Bertz CT molecular complexity index is 339. The lowest BCUT2D eigenvalue weighted by Crippen LogP contribution is -2.15. The number of ether oxygens (including phenoxy) is 1. The highest BCUT2D eigenvalue weighted by molar-refractivity contribution is 9.10. The van der Waals surface area contributed by atoms with Gasteiger partial charge in [-0.05, 0) is 47.1 Å². The van der Waals surface area contributed by atoms with E-state index in [4.69, 9.17) is 4.74 Å². The minimum atomic E-state index is -0.259. The lowest BCUT2D eigenvalue weighted by Gasteiger charge is -2.11. The maximum Gasteiger partial charge on any atom is 0.137 e. The van der Waals surface area contributed by atoms with Gasteiger partial charge in [0.05, 0.1) is 11.1 Å². The van der Waals surface area contributed by atoms with Crippen molar-refractivity contribution in [2.24, 2.45) is 5.92 Å². The Labute approximate surface area is 96.9 Å². The molecule has 1 aromatic rings. The number of rotatable bonds is 3. The van der Waals surface area contributed by atoms with Crippen LogP contribution in [0.2, 0.25) is 0 Å². The van der Waals surface area contributed by atoms with Gasteiger partial charge in [-0.3, -0.25) is 0 Å². The predicted molar refractivity (Wildman–Crippen MR) is 60.6 cm³/mol. The first-order valence-corrected chi connectivity index (χ1v) is 5.83. The van der Waals surface area contributed by atoms with Gasteiger partial charge in [-0.25, -0.2) is 4.39 Å². The number of hydrogen-bond donors (Lipinski definition) is 1. The highest BCUT2D eigenvalue weighted by Gasteiger charge is 2.14. The summed E-state index contributed by atoms with van der Waals surface area (Å²) in [5, 5.41) is 3.28. The molecule has 2 nitrogen and oxygen atoms in total. The molecule has 1 aromatic carbocycles. The summed E-state index contributed by atoms with van der Waals surface area (Å²) in [6.45, 7) is 2.79. The molecule has 15 heavy (non-hydrogen) atoms. The quantitative estimate of drug-likeness (QED) is 0.914. The van der Waals surface area contributed by atoms with Crippen LogP contribution in [0.25, 0.3) is 0 Å². The first-order chi connectivity index (χ1) is 7.25. The summed E-state index contributed by atoms with van der Waals surface area (Å²) in [6.07, 6.45) is 1.16. The Hall–Kier alpha value is -0.610. The van der Waals surface area contributed by atoms with Crippen LogP contribution in [-0.2, 0) is 0 Å². The second kappa shape index (κ2) is 4.94. The summed E-state index contributed by atoms with van der Waals surface area (Å²) in [5.41, 5.74) is 0. The number of halogens is 2. The van der Waals surface area contributed by atoms with Crippen molar-refractivity contribution in [2.75, 3.05) is 19.7 Å². The molecule has 0 aromatic heterocycles. The minimum absolute atomic E-state index is 0.259. The zero-order chi connectivity index (χ0) is 10.7. The molecule has 1 aliphatic heterocycles. The molecule has 1 atom stereocenters. The van der Waals surface area contributed by atoms with Crippen LogP contribution < -0.4 is 10.1 Å². The van der Waals surface area contributed by atoms with Gasteiger partial charge in [0.1, 0.15) is 11.6 Å². The molecule has 0 aliphatic carbocycles. The Morgan fingerprint density at radius 1 is 1.53 bits per heavy atom. The third kappa shape index (κ3) is 2.92. The highest BCUT2D eigenvalue weighted by Crippen LogP contribution is 2.22. The molecule has 2 rings (SSSR count). The fourth-order valence-corrected chi connectivity index (χ4v) is 2.00. The first-order valence-electron chi connectivity index (χ1n) is 5.04. The standard InChI is InChI=1S/C11H13BrFNO/c12-10-5-9(1-2-11(10)13)15-7-8-3-4-14-6-8/h1-2,5,8,14H,3-4,6-7H2. The van der Waals surface area contributed by atoms with Gasteiger partial charge >= 0.3 is 0 Å². The summed E-state index contributed by atoms with van der Waals surface area (Å²) in [7, 11) is 0. The van der Waals surface area contributed by atoms with Crippen LogP contribution in [0.5, 0.6) is 5.75 Å². The molecule has 0 radical (unpaired) electrons. The van der Waals surface area contributed by atoms with Crippen molar-refractivity contribution in [1.82, 2.24) is 5.32 Å². The highest BCUT2D eigenvalue weighted by atomic mass is 79.9. The molecule has 1 aliphatic rings. The summed E-state index contributed by atoms with van der Waals surface area (Å²) < 4.78 is 19.0. The van der Waals surface area contributed by atoms with E-state index in [2.05, 4.69) is 21.2 Å². The van der Waals surface area contributed by atoms with Crippen molar-refractivity contribution in [3.05, 3.63) is 28.5 Å². The average molecular weight is 274 g/mol. The van der Waals surface area contributed by atoms with Gasteiger partial charge in [0.2, 0.25) is 0 Å². The second-order valence-corrected chi connectivity index (χ2v) is 4.60. The van der Waals surface area contributed by atoms with Gasteiger partial charge in [0.25, 0.3) is 0 Å². The molecule has 1 unspecified atom stereocenters. The van der Waals surface area contributed by atoms with E-state index >= 15 is 0 Å². The third-order valence-corrected chi connectivity index (χ3v) is 3.15. The molecule has 1 fully saturated rings. The van der Waals surface area contributed by atoms with E-state index in [1.54, 1.807) is 12.1 Å². The summed E-state index contributed by atoms with van der Waals surface area (Å²) >= 11 is 3.13. The Morgan fingerprint density at radius 2 is 2.40 bits per heavy atom. The van der Waals surface area contributed by atoms with E-state index in [0.717, 1.165) is 25.3 Å². The van der Waals surface area contributed by atoms with Gasteiger partial charge in [-0.1, -0.05) is 0 Å². The van der Waals surface area contributed by atoms with Crippen molar-refractivity contribution in [2.45, 2.75) is 6.42 Å². The minimum Gasteiger partial charge on any atom is -0.493 e. The third-order valence-electron chi connectivity index (χ3n) is 2.54. The number of nitrogens with one attached hydrogen (secondary N) is 1. The van der Waals surface area contributed by atoms with E-state index in [9.17, 15) is 4.39 Å². The molecule has 1 N–H and O–H groups in total. The van der Waals surface area contributed by atoms with Crippen molar-refractivity contribution in [1.29, 1.82) is 0 Å². The van der Waals surface area contributed by atoms with Crippen LogP contribution in [0.4, 0.5) is 4.39 Å². The molecule has 1 heterocycles. The fourth-order valence-electron chi connectivity index (χ4n) is 1.64. The molecule has 0 saturated carbocycles. The van der Waals surface area contributed by atoms with Crippen LogP contribution in [0.1, 0.15) is 6.42 Å². The predicted octanol–water partition coefficient (Wildman–Crippen LogP) is 2.58. The molecule has 1 saturated heterocycles. The van der Waals surface area contributed by atoms with Gasteiger partial charge in [-0.2, -0.15) is 0 Å². The van der Waals surface area contributed by atoms with Crippen LogP contribution in [0, 0.1) is 11.7 Å². The summed E-state index contributed by atoms with van der Waals surface area (Å²) in [6, 6.07) is 4.73. The van der Waals surface area contributed by atoms with Crippen LogP contribution >= 0.6 is 15.9 Å². The maximum absolute atomic E-state index is 12.9. The first kappa shape index (κ1) is 10.9. The van der Waals surface area contributed by atoms with Crippen LogP contribution in [0.15, 0.2) is 22.7 Å². The molecule has 82 valence electrons. The van der Waals surface area contributed by atoms with Gasteiger partial charge in [0.15, 0.2) is 0 Å². The molecular weight excluding hydrogens is 261 g/mol. The Kier molecular flexibility index (Phi) is 3.59. The van der Waals surface area contributed by atoms with Gasteiger partial charge < -0.3 is 10.1 Å². The molecule has 4 heteroatoms. The zero-order valence-electron chi connectivity index (χ0n) is 8.30. The monoisotopic (exact) mass is 273 g/mol. The summed E-state index contributed by atoms with van der Waals surface area (Å²) in [5.74, 6) is 1.04. The fraction of sp³-hybridized carbons (Fsp3) is 0.455. The second-order valence-electron chi connectivity index (χ2n) is 3.75. The van der Waals surface area contributed by atoms with E-state index in [1.165, 1.54) is 6.07 Å². The molecule has 0 amide bonds. The van der Waals surface area contributed by atoms with Crippen molar-refractivity contribution in [3.8, 4) is 5.75 Å². The number of hydrogen-bond acceptors (Lipinski definition) is 2. The van der Waals surface area contributed by atoms with E-state index < -0.39 is 0 Å². The van der Waals surface area contributed by atoms with Crippen LogP contribution in [0.3, 0.4) is 0 Å². The van der Waals surface area contributed by atoms with E-state index in [-0.39, 0.29) is 5.82 Å². The summed E-state index contributed by atoms with van der Waals surface area (Å²) in [4.78, 5) is 0. The normalized spacial score (nSPS) is 20.5. The average Bonchev–Trinajstić information content (AvgIpc) is 2.73. The number of benzene rings is 1. The van der Waals surface area contributed by atoms with Gasteiger partial charge in [0, 0.05) is 12.5 Å².